The third-order valence-corrected chi connectivity index (χ3v) is 2.69. The van der Waals surface area contributed by atoms with E-state index in [1.807, 2.05) is 6.07 Å². The predicted molar refractivity (Wildman–Crippen MR) is 72.9 cm³/mol. The lowest BCUT2D eigenvalue weighted by atomic mass is 10.1. The van der Waals surface area contributed by atoms with Crippen LogP contribution in [0.4, 0.5) is 15.8 Å². The average Bonchev–Trinajstić information content (AvgIpc) is 2.48. The van der Waals surface area contributed by atoms with E-state index in [0.717, 1.165) is 6.07 Å². The Labute approximate surface area is 115 Å². The normalized spacial score (nSPS) is 9.65. The summed E-state index contributed by atoms with van der Waals surface area (Å²) in [6, 6.07) is 7.00. The lowest BCUT2D eigenvalue weighted by molar-refractivity contribution is 0.102. The highest BCUT2D eigenvalue weighted by atomic mass is 19.1. The van der Waals surface area contributed by atoms with Gasteiger partial charge < -0.3 is 10.6 Å². The molecule has 2 N–H and O–H groups in total. The Bertz CT molecular complexity index is 694. The van der Waals surface area contributed by atoms with Crippen LogP contribution in [-0.4, -0.2) is 17.9 Å². The Morgan fingerprint density at radius 1 is 1.35 bits per heavy atom. The van der Waals surface area contributed by atoms with Gasteiger partial charge in [0.1, 0.15) is 11.9 Å². The van der Waals surface area contributed by atoms with Crippen LogP contribution in [0.2, 0.25) is 0 Å². The molecule has 0 aliphatic heterocycles. The zero-order valence-electron chi connectivity index (χ0n) is 10.6. The van der Waals surface area contributed by atoms with Gasteiger partial charge in [0.15, 0.2) is 0 Å². The molecule has 0 fully saturated rings. The third kappa shape index (κ3) is 2.72. The van der Waals surface area contributed by atoms with Crippen LogP contribution in [0.1, 0.15) is 15.9 Å². The number of rotatable bonds is 3. The number of benzene rings is 1. The number of carbonyl (C=O) groups excluding carboxylic acids is 1. The van der Waals surface area contributed by atoms with E-state index < -0.39 is 11.7 Å². The number of amides is 1. The van der Waals surface area contributed by atoms with Gasteiger partial charge in [0, 0.05) is 13.2 Å². The van der Waals surface area contributed by atoms with E-state index in [9.17, 15) is 9.18 Å². The van der Waals surface area contributed by atoms with Gasteiger partial charge in [-0.2, -0.15) is 5.26 Å². The second-order valence-electron chi connectivity index (χ2n) is 3.93. The summed E-state index contributed by atoms with van der Waals surface area (Å²) in [6.07, 6.45) is 3.01. The smallest absolute Gasteiger partial charge is 0.257 e. The lowest BCUT2D eigenvalue weighted by Gasteiger charge is -2.10. The molecule has 6 heteroatoms. The number of hydrogen-bond acceptors (Lipinski definition) is 4. The van der Waals surface area contributed by atoms with Crippen molar-refractivity contribution in [1.82, 2.24) is 4.98 Å². The molecule has 1 amide bonds. The van der Waals surface area contributed by atoms with E-state index in [1.54, 1.807) is 13.1 Å². The molecule has 1 heterocycles. The summed E-state index contributed by atoms with van der Waals surface area (Å²) in [5, 5.41) is 14.4. The second-order valence-corrected chi connectivity index (χ2v) is 3.93. The summed E-state index contributed by atoms with van der Waals surface area (Å²) in [4.78, 5) is 16.1. The Kier molecular flexibility index (Phi) is 3.91. The molecule has 5 nitrogen and oxygen atoms in total. The van der Waals surface area contributed by atoms with Gasteiger partial charge in [-0.05, 0) is 24.3 Å². The molecule has 1 aromatic carbocycles. The lowest BCUT2D eigenvalue weighted by Crippen LogP contribution is -2.15. The molecule has 0 atom stereocenters. The van der Waals surface area contributed by atoms with Crippen LogP contribution in [0.25, 0.3) is 0 Å². The number of aromatic nitrogens is 1. The summed E-state index contributed by atoms with van der Waals surface area (Å²) >= 11 is 0. The maximum Gasteiger partial charge on any atom is 0.257 e. The second kappa shape index (κ2) is 5.80. The number of halogens is 1. The molecule has 0 bridgehead atoms. The van der Waals surface area contributed by atoms with Gasteiger partial charge in [0.25, 0.3) is 5.91 Å². The van der Waals surface area contributed by atoms with Crippen molar-refractivity contribution in [3.8, 4) is 6.07 Å². The first-order chi connectivity index (χ1) is 9.65. The molecule has 0 unspecified atom stereocenters. The van der Waals surface area contributed by atoms with Crippen LogP contribution in [0.15, 0.2) is 36.7 Å². The van der Waals surface area contributed by atoms with Gasteiger partial charge in [-0.3, -0.25) is 9.78 Å². The van der Waals surface area contributed by atoms with Crippen LogP contribution in [-0.2, 0) is 0 Å². The van der Waals surface area contributed by atoms with E-state index in [0.29, 0.717) is 11.3 Å². The minimum atomic E-state index is -0.528. The molecule has 0 radical (unpaired) electrons. The minimum absolute atomic E-state index is 0.0680. The number of nitrogens with one attached hydrogen (secondary N) is 2. The van der Waals surface area contributed by atoms with Crippen molar-refractivity contribution in [3.63, 3.8) is 0 Å². The molecule has 0 spiro atoms. The molecular formula is C14H11FN4O. The molecule has 20 heavy (non-hydrogen) atoms. The number of anilines is 2. The maximum atomic E-state index is 13.0. The highest BCUT2D eigenvalue weighted by molar-refractivity contribution is 6.08. The van der Waals surface area contributed by atoms with Gasteiger partial charge in [-0.1, -0.05) is 0 Å². The van der Waals surface area contributed by atoms with Crippen molar-refractivity contribution >= 4 is 17.3 Å². The number of nitrogens with zero attached hydrogens (tertiary/aromatic N) is 2. The first-order valence-corrected chi connectivity index (χ1v) is 5.78. The number of nitriles is 1. The summed E-state index contributed by atoms with van der Waals surface area (Å²) in [5.41, 5.74) is 1.28. The number of hydrogen-bond donors (Lipinski definition) is 2. The molecule has 2 rings (SSSR count). The number of pyridine rings is 1. The van der Waals surface area contributed by atoms with Gasteiger partial charge in [0.05, 0.1) is 28.7 Å². The Balaban J connectivity index is 2.31. The molecule has 0 saturated carbocycles. The summed E-state index contributed by atoms with van der Waals surface area (Å²) < 4.78 is 13.0. The predicted octanol–water partition coefficient (Wildman–Crippen LogP) is 2.39. The fourth-order valence-electron chi connectivity index (χ4n) is 1.70. The Hall–Kier alpha value is -2.94. The van der Waals surface area contributed by atoms with Crippen molar-refractivity contribution in [2.24, 2.45) is 0 Å². The fourth-order valence-corrected chi connectivity index (χ4v) is 1.70. The van der Waals surface area contributed by atoms with Crippen molar-refractivity contribution in [3.05, 3.63) is 53.6 Å². The summed E-state index contributed by atoms with van der Waals surface area (Å²) in [6.45, 7) is 0. The van der Waals surface area contributed by atoms with Gasteiger partial charge in [-0.15, -0.1) is 0 Å². The SMILES string of the molecule is CNc1cnccc1C(=O)Nc1ccc(F)cc1C#N. The topological polar surface area (TPSA) is 77.8 Å². The molecule has 0 saturated heterocycles. The fraction of sp³-hybridized carbons (Fsp3) is 0.0714. The standard InChI is InChI=1S/C14H11FN4O/c1-17-13-8-18-5-4-11(13)14(20)19-12-3-2-10(15)6-9(12)7-16/h2-6,8,17H,1H3,(H,19,20). The van der Waals surface area contributed by atoms with Crippen LogP contribution >= 0.6 is 0 Å². The Morgan fingerprint density at radius 3 is 2.85 bits per heavy atom. The van der Waals surface area contributed by atoms with Crippen molar-refractivity contribution < 1.29 is 9.18 Å². The molecule has 0 aliphatic rings. The van der Waals surface area contributed by atoms with E-state index in [-0.39, 0.29) is 11.3 Å². The zero-order valence-corrected chi connectivity index (χ0v) is 10.6. The van der Waals surface area contributed by atoms with Crippen LogP contribution in [0.3, 0.4) is 0 Å². The molecule has 2 aromatic rings. The summed E-state index contributed by atoms with van der Waals surface area (Å²) in [7, 11) is 1.67. The minimum Gasteiger partial charge on any atom is -0.386 e. The largest absolute Gasteiger partial charge is 0.386 e. The molecule has 100 valence electrons. The van der Waals surface area contributed by atoms with E-state index in [2.05, 4.69) is 15.6 Å². The molecule has 0 aliphatic carbocycles. The maximum absolute atomic E-state index is 13.0. The van der Waals surface area contributed by atoms with Gasteiger partial charge in [-0.25, -0.2) is 4.39 Å². The molecule has 1 aromatic heterocycles. The van der Waals surface area contributed by atoms with Gasteiger partial charge in [0.2, 0.25) is 0 Å². The first kappa shape index (κ1) is 13.5. The van der Waals surface area contributed by atoms with Crippen molar-refractivity contribution in [1.29, 1.82) is 5.26 Å². The summed E-state index contributed by atoms with van der Waals surface area (Å²) in [5.74, 6) is -0.931. The van der Waals surface area contributed by atoms with Gasteiger partial charge >= 0.3 is 0 Å². The first-order valence-electron chi connectivity index (χ1n) is 5.78. The van der Waals surface area contributed by atoms with Crippen LogP contribution in [0.5, 0.6) is 0 Å². The highest BCUT2D eigenvalue weighted by Crippen LogP contribution is 2.19. The highest BCUT2D eigenvalue weighted by Gasteiger charge is 2.13. The third-order valence-electron chi connectivity index (χ3n) is 2.69. The monoisotopic (exact) mass is 270 g/mol. The van der Waals surface area contributed by atoms with E-state index in [1.165, 1.54) is 24.5 Å². The Morgan fingerprint density at radius 2 is 2.15 bits per heavy atom. The zero-order chi connectivity index (χ0) is 14.5. The van der Waals surface area contributed by atoms with E-state index >= 15 is 0 Å². The molecular weight excluding hydrogens is 259 g/mol. The van der Waals surface area contributed by atoms with E-state index in [4.69, 9.17) is 5.26 Å². The van der Waals surface area contributed by atoms with Crippen LogP contribution in [0, 0.1) is 17.1 Å². The van der Waals surface area contributed by atoms with Crippen LogP contribution < -0.4 is 10.6 Å². The van der Waals surface area contributed by atoms with Crippen molar-refractivity contribution in [2.45, 2.75) is 0 Å². The number of carbonyl (C=O) groups is 1. The van der Waals surface area contributed by atoms with Crippen molar-refractivity contribution in [2.75, 3.05) is 17.7 Å². The average molecular weight is 270 g/mol. The quantitative estimate of drug-likeness (QED) is 0.897.